The molecule has 0 fully saturated rings. The summed E-state index contributed by atoms with van der Waals surface area (Å²) in [5.41, 5.74) is 0. The lowest BCUT2D eigenvalue weighted by molar-refractivity contribution is -0.141. The molecule has 0 aliphatic rings. The largest absolute Gasteiger partial charge is 0.469 e. The highest BCUT2D eigenvalue weighted by molar-refractivity contribution is 5.76. The van der Waals surface area contributed by atoms with Crippen LogP contribution in [0.4, 0.5) is 0 Å². The molecule has 0 aliphatic carbocycles. The van der Waals surface area contributed by atoms with Gasteiger partial charge in [0.25, 0.3) is 0 Å². The van der Waals surface area contributed by atoms with Crippen LogP contribution in [0.1, 0.15) is 19.8 Å². The fourth-order valence-electron chi connectivity index (χ4n) is 0.756. The Labute approximate surface area is 72.5 Å². The van der Waals surface area contributed by atoms with E-state index in [0.29, 0.717) is 13.0 Å². The second-order valence-corrected chi connectivity index (χ2v) is 2.49. The molecular weight excluding hydrogens is 158 g/mol. The third-order valence-corrected chi connectivity index (χ3v) is 1.61. The summed E-state index contributed by atoms with van der Waals surface area (Å²) < 4.78 is 4.44. The van der Waals surface area contributed by atoms with Gasteiger partial charge in [0.15, 0.2) is 0 Å². The van der Waals surface area contributed by atoms with E-state index in [1.54, 1.807) is 14.0 Å². The number of esters is 1. The Morgan fingerprint density at radius 3 is 2.42 bits per heavy atom. The van der Waals surface area contributed by atoms with Crippen molar-refractivity contribution in [3.05, 3.63) is 0 Å². The summed E-state index contributed by atoms with van der Waals surface area (Å²) >= 11 is 0. The highest BCUT2D eigenvalue weighted by atomic mass is 16.5. The van der Waals surface area contributed by atoms with Crippen molar-refractivity contribution >= 4 is 11.9 Å². The van der Waals surface area contributed by atoms with Gasteiger partial charge in [-0.1, -0.05) is 6.92 Å². The van der Waals surface area contributed by atoms with Crippen LogP contribution in [0, 0.1) is 0 Å². The third kappa shape index (κ3) is 3.95. The number of amides is 1. The van der Waals surface area contributed by atoms with Gasteiger partial charge < -0.3 is 9.64 Å². The highest BCUT2D eigenvalue weighted by Crippen LogP contribution is 1.93. The Hall–Kier alpha value is -1.06. The summed E-state index contributed by atoms with van der Waals surface area (Å²) in [7, 11) is 3.01. The van der Waals surface area contributed by atoms with Crippen molar-refractivity contribution in [3.8, 4) is 0 Å². The van der Waals surface area contributed by atoms with Crippen molar-refractivity contribution in [1.82, 2.24) is 4.90 Å². The van der Waals surface area contributed by atoms with Crippen LogP contribution in [0.25, 0.3) is 0 Å². The fraction of sp³-hybridized carbons (Fsp3) is 0.750. The van der Waals surface area contributed by atoms with Crippen LogP contribution >= 0.6 is 0 Å². The summed E-state index contributed by atoms with van der Waals surface area (Å²) in [6.07, 6.45) is 0.733. The van der Waals surface area contributed by atoms with Crippen LogP contribution in [0.3, 0.4) is 0 Å². The Balaban J connectivity index is 3.63. The van der Waals surface area contributed by atoms with Crippen molar-refractivity contribution in [2.75, 3.05) is 20.7 Å². The number of nitrogens with zero attached hydrogens (tertiary/aromatic N) is 1. The number of ether oxygens (including phenoxy) is 1. The van der Waals surface area contributed by atoms with Crippen LogP contribution in [0.2, 0.25) is 0 Å². The maximum Gasteiger partial charge on any atom is 0.307 e. The number of methoxy groups -OCH3 is 1. The monoisotopic (exact) mass is 173 g/mol. The normalized spacial score (nSPS) is 9.25. The first-order valence-electron chi connectivity index (χ1n) is 3.92. The maximum absolute atomic E-state index is 11.0. The van der Waals surface area contributed by atoms with E-state index in [-0.39, 0.29) is 18.3 Å². The van der Waals surface area contributed by atoms with Gasteiger partial charge in [0, 0.05) is 20.0 Å². The number of carbonyl (C=O) groups is 2. The zero-order valence-electron chi connectivity index (χ0n) is 7.79. The van der Waals surface area contributed by atoms with Crippen molar-refractivity contribution in [1.29, 1.82) is 0 Å². The zero-order valence-corrected chi connectivity index (χ0v) is 7.79. The van der Waals surface area contributed by atoms with Gasteiger partial charge in [-0.25, -0.2) is 0 Å². The lowest BCUT2D eigenvalue weighted by Crippen LogP contribution is -2.28. The quantitative estimate of drug-likeness (QED) is 0.579. The minimum absolute atomic E-state index is 0.0407. The van der Waals surface area contributed by atoms with Gasteiger partial charge >= 0.3 is 5.97 Å². The van der Waals surface area contributed by atoms with Crippen LogP contribution in [-0.4, -0.2) is 37.5 Å². The van der Waals surface area contributed by atoms with Gasteiger partial charge in [-0.05, 0) is 0 Å². The molecule has 0 aliphatic heterocycles. The molecule has 0 atom stereocenters. The second kappa shape index (κ2) is 5.57. The minimum Gasteiger partial charge on any atom is -0.469 e. The molecule has 4 heteroatoms. The molecule has 0 spiro atoms. The first-order chi connectivity index (χ1) is 5.61. The topological polar surface area (TPSA) is 46.6 Å². The van der Waals surface area contributed by atoms with Crippen LogP contribution in [0.5, 0.6) is 0 Å². The standard InChI is InChI=1S/C8H15NO3/c1-4-7(10)9(2)6-5-8(11)12-3/h4-6H2,1-3H3. The molecule has 70 valence electrons. The van der Waals surface area contributed by atoms with Crippen molar-refractivity contribution in [3.63, 3.8) is 0 Å². The molecule has 0 radical (unpaired) electrons. The molecule has 0 rings (SSSR count). The van der Waals surface area contributed by atoms with E-state index < -0.39 is 0 Å². The number of rotatable bonds is 4. The van der Waals surface area contributed by atoms with Crippen molar-refractivity contribution < 1.29 is 14.3 Å². The van der Waals surface area contributed by atoms with Crippen molar-refractivity contribution in [2.24, 2.45) is 0 Å². The third-order valence-electron chi connectivity index (χ3n) is 1.61. The van der Waals surface area contributed by atoms with Gasteiger partial charge in [0.05, 0.1) is 13.5 Å². The first kappa shape index (κ1) is 10.9. The molecule has 0 aromatic carbocycles. The molecule has 0 bridgehead atoms. The molecule has 12 heavy (non-hydrogen) atoms. The van der Waals surface area contributed by atoms with Crippen LogP contribution < -0.4 is 0 Å². The molecule has 0 N–H and O–H groups in total. The Kier molecular flexibility index (Phi) is 5.08. The Morgan fingerprint density at radius 1 is 1.42 bits per heavy atom. The molecule has 0 aromatic rings. The van der Waals surface area contributed by atoms with Crippen LogP contribution in [0.15, 0.2) is 0 Å². The average Bonchev–Trinajstić information content (AvgIpc) is 2.11. The van der Waals surface area contributed by atoms with Gasteiger partial charge in [-0.3, -0.25) is 9.59 Å². The maximum atomic E-state index is 11.0. The van der Waals surface area contributed by atoms with Crippen LogP contribution in [-0.2, 0) is 14.3 Å². The fourth-order valence-corrected chi connectivity index (χ4v) is 0.756. The van der Waals surface area contributed by atoms with Gasteiger partial charge in [0.2, 0.25) is 5.91 Å². The number of hydrogen-bond acceptors (Lipinski definition) is 3. The Morgan fingerprint density at radius 2 is 2.00 bits per heavy atom. The summed E-state index contributed by atoms with van der Waals surface area (Å²) in [4.78, 5) is 23.2. The van der Waals surface area contributed by atoms with E-state index in [1.165, 1.54) is 12.0 Å². The molecule has 0 heterocycles. The zero-order chi connectivity index (χ0) is 9.56. The van der Waals surface area contributed by atoms with E-state index in [2.05, 4.69) is 4.74 Å². The second-order valence-electron chi connectivity index (χ2n) is 2.49. The predicted octanol–water partition coefficient (Wildman–Crippen LogP) is 0.418. The van der Waals surface area contributed by atoms with Gasteiger partial charge in [-0.15, -0.1) is 0 Å². The molecule has 0 saturated carbocycles. The molecular formula is C8H15NO3. The lowest BCUT2D eigenvalue weighted by atomic mass is 10.3. The molecule has 0 aromatic heterocycles. The number of hydrogen-bond donors (Lipinski definition) is 0. The molecule has 4 nitrogen and oxygen atoms in total. The average molecular weight is 173 g/mol. The highest BCUT2D eigenvalue weighted by Gasteiger charge is 2.07. The molecule has 0 saturated heterocycles. The number of carbonyl (C=O) groups excluding carboxylic acids is 2. The Bertz CT molecular complexity index is 168. The summed E-state index contributed by atoms with van der Waals surface area (Å²) in [6.45, 7) is 2.22. The summed E-state index contributed by atoms with van der Waals surface area (Å²) in [5, 5.41) is 0. The molecule has 1 amide bonds. The van der Waals surface area contributed by atoms with E-state index >= 15 is 0 Å². The minimum atomic E-state index is -0.286. The first-order valence-corrected chi connectivity index (χ1v) is 3.92. The van der Waals surface area contributed by atoms with Crippen molar-refractivity contribution in [2.45, 2.75) is 19.8 Å². The van der Waals surface area contributed by atoms with E-state index in [9.17, 15) is 9.59 Å². The van der Waals surface area contributed by atoms with E-state index in [1.807, 2.05) is 0 Å². The predicted molar refractivity (Wildman–Crippen MR) is 44.6 cm³/mol. The van der Waals surface area contributed by atoms with Gasteiger partial charge in [0.1, 0.15) is 0 Å². The molecule has 0 unspecified atom stereocenters. The van der Waals surface area contributed by atoms with E-state index in [4.69, 9.17) is 0 Å². The van der Waals surface area contributed by atoms with E-state index in [0.717, 1.165) is 0 Å². The lowest BCUT2D eigenvalue weighted by Gasteiger charge is -2.14. The summed E-state index contributed by atoms with van der Waals surface area (Å²) in [5.74, 6) is -0.246. The smallest absolute Gasteiger partial charge is 0.307 e. The summed E-state index contributed by atoms with van der Waals surface area (Å²) in [6, 6.07) is 0. The van der Waals surface area contributed by atoms with Gasteiger partial charge in [-0.2, -0.15) is 0 Å². The SMILES string of the molecule is CCC(=O)N(C)CCC(=O)OC.